The van der Waals surface area contributed by atoms with Crippen LogP contribution in [0.1, 0.15) is 18.0 Å². The Balaban J connectivity index is 3.00. The molecule has 1 atom stereocenters. The van der Waals surface area contributed by atoms with E-state index in [1.54, 1.807) is 13.2 Å². The number of phenolic OH excluding ortho intramolecular Hbond substituents is 1. The molecule has 0 saturated carbocycles. The summed E-state index contributed by atoms with van der Waals surface area (Å²) in [5, 5.41) is 9.52. The summed E-state index contributed by atoms with van der Waals surface area (Å²) >= 11 is 0. The van der Waals surface area contributed by atoms with Crippen LogP contribution in [0.4, 0.5) is 0 Å². The highest BCUT2D eigenvalue weighted by atomic mass is 16.5. The van der Waals surface area contributed by atoms with Crippen molar-refractivity contribution in [1.29, 1.82) is 0 Å². The number of ether oxygens (including phenoxy) is 1. The van der Waals surface area contributed by atoms with Crippen LogP contribution in [0.3, 0.4) is 0 Å². The van der Waals surface area contributed by atoms with E-state index in [-0.39, 0.29) is 11.8 Å². The third-order valence-electron chi connectivity index (χ3n) is 2.65. The molecule has 4 heteroatoms. The van der Waals surface area contributed by atoms with E-state index in [1.165, 1.54) is 0 Å². The van der Waals surface area contributed by atoms with Crippen LogP contribution in [-0.2, 0) is 0 Å². The fourth-order valence-electron chi connectivity index (χ4n) is 1.78. The van der Waals surface area contributed by atoms with Gasteiger partial charge in [0.2, 0.25) is 0 Å². The summed E-state index contributed by atoms with van der Waals surface area (Å²) in [6.07, 6.45) is 0.876. The zero-order chi connectivity index (χ0) is 12.1. The van der Waals surface area contributed by atoms with Crippen molar-refractivity contribution in [2.24, 2.45) is 5.73 Å². The summed E-state index contributed by atoms with van der Waals surface area (Å²) < 4.78 is 5.09. The molecule has 0 aliphatic heterocycles. The fourth-order valence-corrected chi connectivity index (χ4v) is 1.78. The van der Waals surface area contributed by atoms with E-state index < -0.39 is 0 Å². The van der Waals surface area contributed by atoms with E-state index in [9.17, 15) is 5.11 Å². The lowest BCUT2D eigenvalue weighted by molar-refractivity contribution is 0.285. The standard InChI is InChI=1S/C12H20N2O2/c1-14(2)10(6-7-13)9-4-5-11(15)12(8-9)16-3/h4-5,8,10,15H,6-7,13H2,1-3H3. The van der Waals surface area contributed by atoms with Crippen molar-refractivity contribution in [2.75, 3.05) is 27.7 Å². The van der Waals surface area contributed by atoms with Gasteiger partial charge < -0.3 is 20.5 Å². The normalized spacial score (nSPS) is 12.8. The zero-order valence-corrected chi connectivity index (χ0v) is 10.1. The Hall–Kier alpha value is -1.26. The molecule has 0 fully saturated rings. The van der Waals surface area contributed by atoms with Gasteiger partial charge in [-0.05, 0) is 44.8 Å². The Labute approximate surface area is 96.6 Å². The highest BCUT2D eigenvalue weighted by molar-refractivity contribution is 5.42. The molecule has 1 aromatic carbocycles. The third-order valence-corrected chi connectivity index (χ3v) is 2.65. The Bertz CT molecular complexity index is 340. The maximum absolute atomic E-state index is 9.52. The second-order valence-corrected chi connectivity index (χ2v) is 3.99. The Morgan fingerprint density at radius 3 is 2.62 bits per heavy atom. The van der Waals surface area contributed by atoms with E-state index in [0.29, 0.717) is 12.3 Å². The summed E-state index contributed by atoms with van der Waals surface area (Å²) in [5.74, 6) is 0.665. The highest BCUT2D eigenvalue weighted by Crippen LogP contribution is 2.31. The smallest absolute Gasteiger partial charge is 0.160 e. The Kier molecular flexibility index (Phi) is 4.58. The zero-order valence-electron chi connectivity index (χ0n) is 10.1. The van der Waals surface area contributed by atoms with E-state index in [4.69, 9.17) is 10.5 Å². The summed E-state index contributed by atoms with van der Waals surface area (Å²) in [6.45, 7) is 0.631. The number of methoxy groups -OCH3 is 1. The van der Waals surface area contributed by atoms with E-state index in [0.717, 1.165) is 12.0 Å². The Morgan fingerprint density at radius 2 is 2.12 bits per heavy atom. The van der Waals surface area contributed by atoms with Gasteiger partial charge in [0.1, 0.15) is 0 Å². The van der Waals surface area contributed by atoms with Gasteiger partial charge in [0.25, 0.3) is 0 Å². The van der Waals surface area contributed by atoms with Crippen LogP contribution in [0.15, 0.2) is 18.2 Å². The quantitative estimate of drug-likeness (QED) is 0.792. The number of rotatable bonds is 5. The molecule has 0 amide bonds. The topological polar surface area (TPSA) is 58.7 Å². The largest absolute Gasteiger partial charge is 0.504 e. The molecule has 0 aliphatic carbocycles. The molecule has 0 aromatic heterocycles. The molecule has 0 aliphatic rings. The number of nitrogens with two attached hydrogens (primary N) is 1. The van der Waals surface area contributed by atoms with Gasteiger partial charge in [0.15, 0.2) is 11.5 Å². The molecule has 4 nitrogen and oxygen atoms in total. The van der Waals surface area contributed by atoms with Crippen LogP contribution in [0.25, 0.3) is 0 Å². The molecule has 0 spiro atoms. The number of hydrogen-bond acceptors (Lipinski definition) is 4. The summed E-state index contributed by atoms with van der Waals surface area (Å²) in [5.41, 5.74) is 6.70. The Morgan fingerprint density at radius 1 is 1.44 bits per heavy atom. The predicted octanol–water partition coefficient (Wildman–Crippen LogP) is 1.35. The van der Waals surface area contributed by atoms with Gasteiger partial charge in [-0.15, -0.1) is 0 Å². The number of phenols is 1. The van der Waals surface area contributed by atoms with Crippen molar-refractivity contribution < 1.29 is 9.84 Å². The van der Waals surface area contributed by atoms with Crippen LogP contribution in [0, 0.1) is 0 Å². The van der Waals surface area contributed by atoms with Crippen molar-refractivity contribution in [3.05, 3.63) is 23.8 Å². The predicted molar refractivity (Wildman–Crippen MR) is 64.8 cm³/mol. The van der Waals surface area contributed by atoms with Crippen molar-refractivity contribution in [1.82, 2.24) is 4.90 Å². The number of aromatic hydroxyl groups is 1. The molecule has 1 unspecified atom stereocenters. The third kappa shape index (κ3) is 2.87. The van der Waals surface area contributed by atoms with Crippen LogP contribution in [0.5, 0.6) is 11.5 Å². The molecule has 0 heterocycles. The van der Waals surface area contributed by atoms with Gasteiger partial charge in [-0.3, -0.25) is 0 Å². The number of nitrogens with zero attached hydrogens (tertiary/aromatic N) is 1. The average Bonchev–Trinajstić information content (AvgIpc) is 2.26. The molecular formula is C12H20N2O2. The summed E-state index contributed by atoms with van der Waals surface area (Å²) in [6, 6.07) is 5.66. The van der Waals surface area contributed by atoms with Gasteiger partial charge in [-0.1, -0.05) is 6.07 Å². The van der Waals surface area contributed by atoms with Crippen LogP contribution in [0.2, 0.25) is 0 Å². The lowest BCUT2D eigenvalue weighted by Crippen LogP contribution is -2.22. The molecule has 0 radical (unpaired) electrons. The second-order valence-electron chi connectivity index (χ2n) is 3.99. The second kappa shape index (κ2) is 5.72. The van der Waals surface area contributed by atoms with Crippen LogP contribution in [-0.4, -0.2) is 37.8 Å². The number of benzene rings is 1. The summed E-state index contributed by atoms with van der Waals surface area (Å²) in [7, 11) is 5.58. The lowest BCUT2D eigenvalue weighted by Gasteiger charge is -2.24. The minimum atomic E-state index is 0.163. The fraction of sp³-hybridized carbons (Fsp3) is 0.500. The van der Waals surface area contributed by atoms with E-state index in [2.05, 4.69) is 4.90 Å². The first-order chi connectivity index (χ1) is 7.60. The average molecular weight is 224 g/mol. The van der Waals surface area contributed by atoms with Crippen LogP contribution < -0.4 is 10.5 Å². The maximum atomic E-state index is 9.52. The first-order valence-corrected chi connectivity index (χ1v) is 5.33. The van der Waals surface area contributed by atoms with Crippen LogP contribution >= 0.6 is 0 Å². The minimum Gasteiger partial charge on any atom is -0.504 e. The molecular weight excluding hydrogens is 204 g/mol. The molecule has 16 heavy (non-hydrogen) atoms. The molecule has 90 valence electrons. The van der Waals surface area contributed by atoms with Crippen molar-refractivity contribution in [3.63, 3.8) is 0 Å². The van der Waals surface area contributed by atoms with E-state index >= 15 is 0 Å². The molecule has 1 aromatic rings. The van der Waals surface area contributed by atoms with Gasteiger partial charge in [0.05, 0.1) is 7.11 Å². The molecule has 1 rings (SSSR count). The molecule has 0 saturated heterocycles. The van der Waals surface area contributed by atoms with E-state index in [1.807, 2.05) is 26.2 Å². The SMILES string of the molecule is COc1cc(C(CCN)N(C)C)ccc1O. The molecule has 0 bridgehead atoms. The maximum Gasteiger partial charge on any atom is 0.160 e. The van der Waals surface area contributed by atoms with Gasteiger partial charge in [-0.25, -0.2) is 0 Å². The van der Waals surface area contributed by atoms with Gasteiger partial charge >= 0.3 is 0 Å². The highest BCUT2D eigenvalue weighted by Gasteiger charge is 2.15. The molecule has 3 N–H and O–H groups in total. The first-order valence-electron chi connectivity index (χ1n) is 5.33. The first kappa shape index (κ1) is 12.8. The van der Waals surface area contributed by atoms with Crippen molar-refractivity contribution >= 4 is 0 Å². The number of hydrogen-bond donors (Lipinski definition) is 2. The van der Waals surface area contributed by atoms with Gasteiger partial charge in [0, 0.05) is 6.04 Å². The lowest BCUT2D eigenvalue weighted by atomic mass is 10.0. The van der Waals surface area contributed by atoms with Gasteiger partial charge in [-0.2, -0.15) is 0 Å². The summed E-state index contributed by atoms with van der Waals surface area (Å²) in [4.78, 5) is 2.11. The minimum absolute atomic E-state index is 0.163. The van der Waals surface area contributed by atoms with Crippen molar-refractivity contribution in [2.45, 2.75) is 12.5 Å². The monoisotopic (exact) mass is 224 g/mol. The van der Waals surface area contributed by atoms with Crippen molar-refractivity contribution in [3.8, 4) is 11.5 Å².